The van der Waals surface area contributed by atoms with E-state index in [4.69, 9.17) is 0 Å². The van der Waals surface area contributed by atoms with E-state index < -0.39 is 0 Å². The van der Waals surface area contributed by atoms with Crippen molar-refractivity contribution in [2.24, 2.45) is 5.41 Å². The van der Waals surface area contributed by atoms with Crippen molar-refractivity contribution in [1.82, 2.24) is 10.3 Å². The Morgan fingerprint density at radius 3 is 2.71 bits per heavy atom. The lowest BCUT2D eigenvalue weighted by atomic mass is 9.96. The van der Waals surface area contributed by atoms with Crippen LogP contribution in [0.1, 0.15) is 25.8 Å². The predicted molar refractivity (Wildman–Crippen MR) is 70.9 cm³/mol. The molecule has 2 rings (SSSR count). The summed E-state index contributed by atoms with van der Waals surface area (Å²) in [4.78, 5) is 16.2. The predicted octanol–water partition coefficient (Wildman–Crippen LogP) is 2.96. The van der Waals surface area contributed by atoms with Crippen LogP contribution in [0.15, 0.2) is 24.3 Å². The van der Waals surface area contributed by atoms with Gasteiger partial charge in [-0.2, -0.15) is 0 Å². The number of hydrogen-bond donors (Lipinski definition) is 1. The average Bonchev–Trinajstić information content (AvgIpc) is 2.66. The summed E-state index contributed by atoms with van der Waals surface area (Å²) >= 11 is 1.62. The molecular weight excluding hydrogens is 232 g/mol. The highest BCUT2D eigenvalue weighted by Gasteiger charge is 2.20. The Morgan fingerprint density at radius 1 is 1.35 bits per heavy atom. The molecule has 90 valence electrons. The maximum absolute atomic E-state index is 11.7. The van der Waals surface area contributed by atoms with Crippen LogP contribution in [-0.4, -0.2) is 10.9 Å². The second-order valence-electron chi connectivity index (χ2n) is 5.01. The van der Waals surface area contributed by atoms with E-state index in [1.165, 1.54) is 0 Å². The zero-order chi connectivity index (χ0) is 12.5. The number of benzene rings is 1. The lowest BCUT2D eigenvalue weighted by molar-refractivity contribution is -0.128. The van der Waals surface area contributed by atoms with Crippen LogP contribution < -0.4 is 5.32 Å². The van der Waals surface area contributed by atoms with Crippen LogP contribution >= 0.6 is 11.3 Å². The second kappa shape index (κ2) is 4.45. The first-order valence-electron chi connectivity index (χ1n) is 5.59. The molecule has 0 saturated carbocycles. The summed E-state index contributed by atoms with van der Waals surface area (Å²) in [5.74, 6) is 0.0526. The van der Waals surface area contributed by atoms with Gasteiger partial charge in [-0.05, 0) is 12.1 Å². The van der Waals surface area contributed by atoms with Gasteiger partial charge in [0.1, 0.15) is 5.01 Å². The number of thiazole rings is 1. The lowest BCUT2D eigenvalue weighted by Gasteiger charge is -2.16. The summed E-state index contributed by atoms with van der Waals surface area (Å²) in [6, 6.07) is 8.00. The molecule has 1 aromatic heterocycles. The van der Waals surface area contributed by atoms with Crippen LogP contribution in [0.25, 0.3) is 10.2 Å². The van der Waals surface area contributed by atoms with Crippen molar-refractivity contribution in [3.8, 4) is 0 Å². The fourth-order valence-corrected chi connectivity index (χ4v) is 2.32. The molecule has 0 radical (unpaired) electrons. The number of aromatic nitrogens is 1. The summed E-state index contributed by atoms with van der Waals surface area (Å²) < 4.78 is 1.16. The minimum Gasteiger partial charge on any atom is -0.349 e. The van der Waals surface area contributed by atoms with E-state index in [1.807, 2.05) is 45.0 Å². The molecule has 0 fully saturated rings. The number of nitrogens with zero attached hydrogens (tertiary/aromatic N) is 1. The number of nitrogens with one attached hydrogen (secondary N) is 1. The Labute approximate surface area is 105 Å². The molecule has 17 heavy (non-hydrogen) atoms. The third-order valence-corrected chi connectivity index (χ3v) is 3.46. The molecule has 0 saturated heterocycles. The summed E-state index contributed by atoms with van der Waals surface area (Å²) in [6.45, 7) is 6.22. The Kier molecular flexibility index (Phi) is 3.15. The maximum atomic E-state index is 11.7. The average molecular weight is 248 g/mol. The van der Waals surface area contributed by atoms with Crippen molar-refractivity contribution in [3.05, 3.63) is 29.3 Å². The standard InChI is InChI=1S/C13H16N2OS/c1-13(2,3)12(16)14-8-11-15-9-6-4-5-7-10(9)17-11/h4-7H,8H2,1-3H3,(H,14,16). The van der Waals surface area contributed by atoms with Gasteiger partial charge in [0.25, 0.3) is 0 Å². The van der Waals surface area contributed by atoms with Gasteiger partial charge in [0.05, 0.1) is 16.8 Å². The van der Waals surface area contributed by atoms with E-state index in [0.29, 0.717) is 6.54 Å². The Bertz CT molecular complexity index is 507. The van der Waals surface area contributed by atoms with Crippen molar-refractivity contribution in [2.45, 2.75) is 27.3 Å². The third-order valence-electron chi connectivity index (χ3n) is 2.42. The first kappa shape index (κ1) is 12.0. The number of carbonyl (C=O) groups is 1. The first-order valence-corrected chi connectivity index (χ1v) is 6.41. The van der Waals surface area contributed by atoms with Gasteiger partial charge >= 0.3 is 0 Å². The fourth-order valence-electron chi connectivity index (χ4n) is 1.42. The number of amides is 1. The van der Waals surface area contributed by atoms with Crippen molar-refractivity contribution < 1.29 is 4.79 Å². The number of para-hydroxylation sites is 1. The van der Waals surface area contributed by atoms with Crippen LogP contribution in [-0.2, 0) is 11.3 Å². The highest BCUT2D eigenvalue weighted by Crippen LogP contribution is 2.21. The Hall–Kier alpha value is -1.42. The van der Waals surface area contributed by atoms with Gasteiger partial charge in [0.15, 0.2) is 0 Å². The third kappa shape index (κ3) is 2.82. The van der Waals surface area contributed by atoms with Crippen LogP contribution in [0.5, 0.6) is 0 Å². The van der Waals surface area contributed by atoms with Crippen molar-refractivity contribution in [2.75, 3.05) is 0 Å². The molecule has 1 aromatic carbocycles. The van der Waals surface area contributed by atoms with E-state index in [9.17, 15) is 4.79 Å². The Morgan fingerprint density at radius 2 is 2.06 bits per heavy atom. The number of rotatable bonds is 2. The molecule has 2 aromatic rings. The van der Waals surface area contributed by atoms with Gasteiger partial charge in [-0.3, -0.25) is 4.79 Å². The van der Waals surface area contributed by atoms with Crippen LogP contribution in [0.2, 0.25) is 0 Å². The second-order valence-corrected chi connectivity index (χ2v) is 6.12. The molecule has 0 aliphatic heterocycles. The molecule has 1 heterocycles. The van der Waals surface area contributed by atoms with Gasteiger partial charge in [-0.1, -0.05) is 32.9 Å². The van der Waals surface area contributed by atoms with Gasteiger partial charge in [-0.25, -0.2) is 4.98 Å². The fraction of sp³-hybridized carbons (Fsp3) is 0.385. The highest BCUT2D eigenvalue weighted by atomic mass is 32.1. The molecule has 0 bridgehead atoms. The molecule has 0 atom stereocenters. The molecule has 4 heteroatoms. The van der Waals surface area contributed by atoms with Gasteiger partial charge in [-0.15, -0.1) is 11.3 Å². The number of carbonyl (C=O) groups excluding carboxylic acids is 1. The maximum Gasteiger partial charge on any atom is 0.225 e. The normalized spacial score (nSPS) is 11.7. The molecular formula is C13H16N2OS. The van der Waals surface area contributed by atoms with Crippen LogP contribution in [0.3, 0.4) is 0 Å². The highest BCUT2D eigenvalue weighted by molar-refractivity contribution is 7.18. The van der Waals surface area contributed by atoms with Gasteiger partial charge < -0.3 is 5.32 Å². The lowest BCUT2D eigenvalue weighted by Crippen LogP contribution is -2.34. The Balaban J connectivity index is 2.07. The van der Waals surface area contributed by atoms with E-state index in [0.717, 1.165) is 15.2 Å². The van der Waals surface area contributed by atoms with Crippen LogP contribution in [0.4, 0.5) is 0 Å². The molecule has 0 unspecified atom stereocenters. The summed E-state index contributed by atoms with van der Waals surface area (Å²) in [7, 11) is 0. The quantitative estimate of drug-likeness (QED) is 0.887. The molecule has 0 aliphatic carbocycles. The molecule has 1 N–H and O–H groups in total. The van der Waals surface area contributed by atoms with E-state index in [2.05, 4.69) is 10.3 Å². The van der Waals surface area contributed by atoms with E-state index in [-0.39, 0.29) is 11.3 Å². The monoisotopic (exact) mass is 248 g/mol. The number of fused-ring (bicyclic) bond motifs is 1. The molecule has 1 amide bonds. The molecule has 0 spiro atoms. The van der Waals surface area contributed by atoms with Crippen LogP contribution in [0, 0.1) is 5.41 Å². The minimum atomic E-state index is -0.351. The topological polar surface area (TPSA) is 42.0 Å². The summed E-state index contributed by atoms with van der Waals surface area (Å²) in [5.41, 5.74) is 0.647. The zero-order valence-corrected chi connectivity index (χ0v) is 11.1. The SMILES string of the molecule is CC(C)(C)C(=O)NCc1nc2ccccc2s1. The van der Waals surface area contributed by atoms with E-state index >= 15 is 0 Å². The largest absolute Gasteiger partial charge is 0.349 e. The number of hydrogen-bond acceptors (Lipinski definition) is 3. The summed E-state index contributed by atoms with van der Waals surface area (Å²) in [5, 5.41) is 3.86. The van der Waals surface area contributed by atoms with Crippen molar-refractivity contribution >= 4 is 27.5 Å². The van der Waals surface area contributed by atoms with Gasteiger partial charge in [0, 0.05) is 5.41 Å². The summed E-state index contributed by atoms with van der Waals surface area (Å²) in [6.07, 6.45) is 0. The first-order chi connectivity index (χ1) is 7.97. The zero-order valence-electron chi connectivity index (χ0n) is 10.3. The van der Waals surface area contributed by atoms with Gasteiger partial charge in [0.2, 0.25) is 5.91 Å². The van der Waals surface area contributed by atoms with E-state index in [1.54, 1.807) is 11.3 Å². The molecule has 0 aliphatic rings. The van der Waals surface area contributed by atoms with Crippen molar-refractivity contribution in [1.29, 1.82) is 0 Å². The smallest absolute Gasteiger partial charge is 0.225 e. The minimum absolute atomic E-state index is 0.0526. The molecule has 3 nitrogen and oxygen atoms in total. The van der Waals surface area contributed by atoms with Crippen molar-refractivity contribution in [3.63, 3.8) is 0 Å².